The minimum atomic E-state index is 0.208. The van der Waals surface area contributed by atoms with Gasteiger partial charge in [-0.3, -0.25) is 4.79 Å². The van der Waals surface area contributed by atoms with Crippen LogP contribution in [0, 0.1) is 0 Å². The van der Waals surface area contributed by atoms with E-state index in [4.69, 9.17) is 0 Å². The van der Waals surface area contributed by atoms with Gasteiger partial charge in [0.15, 0.2) is 0 Å². The summed E-state index contributed by atoms with van der Waals surface area (Å²) in [4.78, 5) is 14.7. The third kappa shape index (κ3) is 1.61. The standard InChI is InChI=1S/C10H13NOS/c1-8-4-2-6-11(8)10(12)9-5-3-7-13-9/h3,5,7-8H,2,4,6H2,1H3/t8-/m0/s1. The largest absolute Gasteiger partial charge is 0.335 e. The number of thiophene rings is 1. The number of carbonyl (C=O) groups excluding carboxylic acids is 1. The molecule has 0 unspecified atom stereocenters. The number of likely N-dealkylation sites (tertiary alicyclic amines) is 1. The van der Waals surface area contributed by atoms with E-state index in [2.05, 4.69) is 6.92 Å². The molecule has 70 valence electrons. The summed E-state index contributed by atoms with van der Waals surface area (Å²) in [7, 11) is 0. The molecule has 2 rings (SSSR count). The summed E-state index contributed by atoms with van der Waals surface area (Å²) < 4.78 is 0. The van der Waals surface area contributed by atoms with Crippen molar-refractivity contribution in [3.05, 3.63) is 22.4 Å². The Morgan fingerprint density at radius 2 is 2.54 bits per heavy atom. The molecule has 0 aliphatic carbocycles. The van der Waals surface area contributed by atoms with Gasteiger partial charge in [0.25, 0.3) is 5.91 Å². The van der Waals surface area contributed by atoms with E-state index >= 15 is 0 Å². The van der Waals surface area contributed by atoms with E-state index in [1.165, 1.54) is 11.3 Å². The molecule has 13 heavy (non-hydrogen) atoms. The summed E-state index contributed by atoms with van der Waals surface area (Å²) in [6, 6.07) is 4.26. The Balaban J connectivity index is 2.13. The number of hydrogen-bond acceptors (Lipinski definition) is 2. The first-order valence-electron chi connectivity index (χ1n) is 4.63. The maximum atomic E-state index is 11.9. The highest BCUT2D eigenvalue weighted by Gasteiger charge is 2.26. The van der Waals surface area contributed by atoms with E-state index in [1.54, 1.807) is 0 Å². The second-order valence-corrected chi connectivity index (χ2v) is 4.41. The van der Waals surface area contributed by atoms with Crippen LogP contribution in [-0.4, -0.2) is 23.4 Å². The molecular weight excluding hydrogens is 182 g/mol. The summed E-state index contributed by atoms with van der Waals surface area (Å²) in [6.07, 6.45) is 2.30. The van der Waals surface area contributed by atoms with E-state index in [0.717, 1.165) is 24.3 Å². The fourth-order valence-corrected chi connectivity index (χ4v) is 2.46. The van der Waals surface area contributed by atoms with Crippen molar-refractivity contribution in [2.45, 2.75) is 25.8 Å². The third-order valence-corrected chi connectivity index (χ3v) is 3.40. The number of nitrogens with zero attached hydrogens (tertiary/aromatic N) is 1. The molecule has 0 aromatic carbocycles. The maximum absolute atomic E-state index is 11.9. The van der Waals surface area contributed by atoms with E-state index in [1.807, 2.05) is 22.4 Å². The first-order chi connectivity index (χ1) is 6.29. The molecule has 1 atom stereocenters. The molecule has 0 spiro atoms. The van der Waals surface area contributed by atoms with Crippen molar-refractivity contribution in [1.29, 1.82) is 0 Å². The molecule has 0 radical (unpaired) electrons. The lowest BCUT2D eigenvalue weighted by molar-refractivity contribution is 0.0752. The second-order valence-electron chi connectivity index (χ2n) is 3.47. The van der Waals surface area contributed by atoms with Gasteiger partial charge in [0.1, 0.15) is 0 Å². The zero-order valence-electron chi connectivity index (χ0n) is 7.69. The van der Waals surface area contributed by atoms with Crippen molar-refractivity contribution in [3.8, 4) is 0 Å². The Labute approximate surface area is 82.2 Å². The Morgan fingerprint density at radius 1 is 1.69 bits per heavy atom. The van der Waals surface area contributed by atoms with Crippen molar-refractivity contribution in [3.63, 3.8) is 0 Å². The van der Waals surface area contributed by atoms with Crippen molar-refractivity contribution in [2.75, 3.05) is 6.54 Å². The van der Waals surface area contributed by atoms with Crippen LogP contribution in [0.15, 0.2) is 17.5 Å². The molecule has 1 aliphatic heterocycles. The average molecular weight is 195 g/mol. The van der Waals surface area contributed by atoms with Crippen molar-refractivity contribution in [1.82, 2.24) is 4.90 Å². The smallest absolute Gasteiger partial charge is 0.264 e. The van der Waals surface area contributed by atoms with Crippen LogP contribution in [0.5, 0.6) is 0 Å². The van der Waals surface area contributed by atoms with Crippen LogP contribution >= 0.6 is 11.3 Å². The van der Waals surface area contributed by atoms with Gasteiger partial charge in [-0.1, -0.05) is 6.07 Å². The second kappa shape index (κ2) is 3.50. The van der Waals surface area contributed by atoms with Crippen LogP contribution in [-0.2, 0) is 0 Å². The Bertz CT molecular complexity index is 294. The van der Waals surface area contributed by atoms with Crippen LogP contribution < -0.4 is 0 Å². The molecule has 2 heterocycles. The van der Waals surface area contributed by atoms with Crippen LogP contribution in [0.2, 0.25) is 0 Å². The lowest BCUT2D eigenvalue weighted by Gasteiger charge is -2.20. The van der Waals surface area contributed by atoms with Gasteiger partial charge < -0.3 is 4.90 Å². The van der Waals surface area contributed by atoms with Gasteiger partial charge >= 0.3 is 0 Å². The van der Waals surface area contributed by atoms with Gasteiger partial charge in [0, 0.05) is 12.6 Å². The molecule has 2 nitrogen and oxygen atoms in total. The Hall–Kier alpha value is -0.830. The quantitative estimate of drug-likeness (QED) is 0.673. The van der Waals surface area contributed by atoms with E-state index in [9.17, 15) is 4.79 Å². The lowest BCUT2D eigenvalue weighted by Crippen LogP contribution is -2.32. The van der Waals surface area contributed by atoms with Crippen LogP contribution in [0.4, 0.5) is 0 Å². The molecule has 1 saturated heterocycles. The maximum Gasteiger partial charge on any atom is 0.264 e. The fraction of sp³-hybridized carbons (Fsp3) is 0.500. The molecule has 0 saturated carbocycles. The molecule has 1 amide bonds. The molecule has 0 bridgehead atoms. The summed E-state index contributed by atoms with van der Waals surface area (Å²) in [6.45, 7) is 3.05. The van der Waals surface area contributed by atoms with E-state index in [-0.39, 0.29) is 5.91 Å². The fourth-order valence-electron chi connectivity index (χ4n) is 1.78. The van der Waals surface area contributed by atoms with Crippen molar-refractivity contribution in [2.24, 2.45) is 0 Å². The van der Waals surface area contributed by atoms with Gasteiger partial charge in [-0.2, -0.15) is 0 Å². The summed E-state index contributed by atoms with van der Waals surface area (Å²) in [5.41, 5.74) is 0. The highest BCUT2D eigenvalue weighted by atomic mass is 32.1. The van der Waals surface area contributed by atoms with E-state index < -0.39 is 0 Å². The topological polar surface area (TPSA) is 20.3 Å². The van der Waals surface area contributed by atoms with Crippen molar-refractivity contribution >= 4 is 17.2 Å². The first kappa shape index (κ1) is 8.75. The first-order valence-corrected chi connectivity index (χ1v) is 5.51. The SMILES string of the molecule is C[C@H]1CCCN1C(=O)c1cccs1. The molecule has 3 heteroatoms. The van der Waals surface area contributed by atoms with Crippen molar-refractivity contribution < 1.29 is 4.79 Å². The molecular formula is C10H13NOS. The zero-order valence-corrected chi connectivity index (χ0v) is 8.51. The average Bonchev–Trinajstić information content (AvgIpc) is 2.72. The van der Waals surface area contributed by atoms with Gasteiger partial charge in [-0.15, -0.1) is 11.3 Å². The summed E-state index contributed by atoms with van der Waals surface area (Å²) in [5.74, 6) is 0.208. The summed E-state index contributed by atoms with van der Waals surface area (Å²) in [5, 5.41) is 1.95. The Kier molecular flexibility index (Phi) is 2.36. The van der Waals surface area contributed by atoms with Crippen LogP contribution in [0.25, 0.3) is 0 Å². The minimum Gasteiger partial charge on any atom is -0.335 e. The van der Waals surface area contributed by atoms with Crippen LogP contribution in [0.3, 0.4) is 0 Å². The predicted molar refractivity (Wildman–Crippen MR) is 54.1 cm³/mol. The lowest BCUT2D eigenvalue weighted by atomic mass is 10.2. The number of amides is 1. The number of carbonyl (C=O) groups is 1. The van der Waals surface area contributed by atoms with Gasteiger partial charge in [-0.05, 0) is 31.2 Å². The normalized spacial score (nSPS) is 22.2. The third-order valence-electron chi connectivity index (χ3n) is 2.55. The van der Waals surface area contributed by atoms with Gasteiger partial charge in [0.2, 0.25) is 0 Å². The van der Waals surface area contributed by atoms with Gasteiger partial charge in [0.05, 0.1) is 4.88 Å². The monoisotopic (exact) mass is 195 g/mol. The predicted octanol–water partition coefficient (Wildman–Crippen LogP) is 2.37. The number of rotatable bonds is 1. The van der Waals surface area contributed by atoms with Gasteiger partial charge in [-0.25, -0.2) is 0 Å². The Morgan fingerprint density at radius 3 is 3.08 bits per heavy atom. The molecule has 1 aliphatic rings. The molecule has 1 fully saturated rings. The highest BCUT2D eigenvalue weighted by molar-refractivity contribution is 7.12. The molecule has 1 aromatic rings. The zero-order chi connectivity index (χ0) is 9.26. The van der Waals surface area contributed by atoms with E-state index in [0.29, 0.717) is 6.04 Å². The minimum absolute atomic E-state index is 0.208. The summed E-state index contributed by atoms with van der Waals surface area (Å²) >= 11 is 1.53. The molecule has 0 N–H and O–H groups in total. The van der Waals surface area contributed by atoms with Crippen LogP contribution in [0.1, 0.15) is 29.4 Å². The number of hydrogen-bond donors (Lipinski definition) is 0. The molecule has 1 aromatic heterocycles. The highest BCUT2D eigenvalue weighted by Crippen LogP contribution is 2.21.